The Morgan fingerprint density at radius 3 is 2.75 bits per heavy atom. The van der Waals surface area contributed by atoms with Gasteiger partial charge in [0, 0.05) is 18.4 Å². The minimum Gasteiger partial charge on any atom is -0.313 e. The lowest BCUT2D eigenvalue weighted by atomic mass is 10.0. The number of nitrogens with zero attached hydrogens (tertiary/aromatic N) is 2. The van der Waals surface area contributed by atoms with E-state index in [4.69, 9.17) is 0 Å². The molecule has 2 aromatic rings. The highest BCUT2D eigenvalue weighted by Gasteiger charge is 2.12. The fourth-order valence-electron chi connectivity index (χ4n) is 1.98. The summed E-state index contributed by atoms with van der Waals surface area (Å²) in [6, 6.07) is 10.7. The fourth-order valence-corrected chi connectivity index (χ4v) is 1.98. The summed E-state index contributed by atoms with van der Waals surface area (Å²) in [5, 5.41) is 7.62. The molecule has 0 aliphatic rings. The molecule has 0 spiro atoms. The van der Waals surface area contributed by atoms with Crippen LogP contribution < -0.4 is 5.32 Å². The molecule has 1 aromatic carbocycles. The van der Waals surface area contributed by atoms with Crippen molar-refractivity contribution < 1.29 is 0 Å². The van der Waals surface area contributed by atoms with Gasteiger partial charge in [-0.3, -0.25) is 0 Å². The van der Waals surface area contributed by atoms with Gasteiger partial charge in [-0.1, -0.05) is 25.1 Å². The average molecular weight is 215 g/mol. The van der Waals surface area contributed by atoms with Gasteiger partial charge in [-0.2, -0.15) is 5.10 Å². The Kier molecular flexibility index (Phi) is 3.37. The van der Waals surface area contributed by atoms with Crippen LogP contribution in [0, 0.1) is 0 Å². The second kappa shape index (κ2) is 4.94. The maximum absolute atomic E-state index is 4.29. The van der Waals surface area contributed by atoms with Crippen LogP contribution in [0.2, 0.25) is 0 Å². The Hall–Kier alpha value is -1.61. The van der Waals surface area contributed by atoms with Crippen LogP contribution in [0.5, 0.6) is 0 Å². The van der Waals surface area contributed by atoms with Crippen molar-refractivity contribution in [3.63, 3.8) is 0 Å². The number of aromatic nitrogens is 2. The Morgan fingerprint density at radius 1 is 1.31 bits per heavy atom. The number of benzene rings is 1. The van der Waals surface area contributed by atoms with Gasteiger partial charge >= 0.3 is 0 Å². The summed E-state index contributed by atoms with van der Waals surface area (Å²) in [6.45, 7) is 2.18. The molecule has 0 saturated heterocycles. The molecule has 0 aliphatic heterocycles. The second-order valence-corrected chi connectivity index (χ2v) is 3.76. The normalized spacial score (nSPS) is 12.6. The quantitative estimate of drug-likeness (QED) is 0.849. The first-order valence-corrected chi connectivity index (χ1v) is 5.63. The minimum absolute atomic E-state index is 0.375. The standard InChI is InChI=1S/C13H17N3/c1-3-12(14-2)11-7-4-5-8-13(11)16-10-6-9-15-16/h4-10,12,14H,3H2,1-2H3. The second-order valence-electron chi connectivity index (χ2n) is 3.76. The van der Waals surface area contributed by atoms with Crippen LogP contribution in [0.3, 0.4) is 0 Å². The first kappa shape index (κ1) is 10.9. The molecule has 0 radical (unpaired) electrons. The van der Waals surface area contributed by atoms with Gasteiger partial charge in [0.25, 0.3) is 0 Å². The summed E-state index contributed by atoms with van der Waals surface area (Å²) in [7, 11) is 1.99. The maximum atomic E-state index is 4.29. The van der Waals surface area contributed by atoms with Crippen molar-refractivity contribution in [3.8, 4) is 5.69 Å². The van der Waals surface area contributed by atoms with E-state index in [1.807, 2.05) is 30.1 Å². The van der Waals surface area contributed by atoms with Gasteiger partial charge in [0.15, 0.2) is 0 Å². The average Bonchev–Trinajstić information content (AvgIpc) is 2.85. The van der Waals surface area contributed by atoms with E-state index in [9.17, 15) is 0 Å². The maximum Gasteiger partial charge on any atom is 0.0693 e. The highest BCUT2D eigenvalue weighted by molar-refractivity contribution is 5.42. The Balaban J connectivity index is 2.45. The summed E-state index contributed by atoms with van der Waals surface area (Å²) >= 11 is 0. The SMILES string of the molecule is CCC(NC)c1ccccc1-n1cccn1. The summed E-state index contributed by atoms with van der Waals surface area (Å²) in [4.78, 5) is 0. The van der Waals surface area contributed by atoms with Crippen LogP contribution >= 0.6 is 0 Å². The Labute approximate surface area is 96.1 Å². The summed E-state index contributed by atoms with van der Waals surface area (Å²) in [5.41, 5.74) is 2.44. The monoisotopic (exact) mass is 215 g/mol. The number of rotatable bonds is 4. The number of hydrogen-bond donors (Lipinski definition) is 1. The van der Waals surface area contributed by atoms with E-state index in [0.717, 1.165) is 12.1 Å². The summed E-state index contributed by atoms with van der Waals surface area (Å²) < 4.78 is 1.91. The molecule has 0 bridgehead atoms. The van der Waals surface area contributed by atoms with Gasteiger partial charge in [-0.25, -0.2) is 4.68 Å². The van der Waals surface area contributed by atoms with Crippen LogP contribution in [-0.2, 0) is 0 Å². The van der Waals surface area contributed by atoms with E-state index in [1.54, 1.807) is 6.20 Å². The Morgan fingerprint density at radius 2 is 2.12 bits per heavy atom. The highest BCUT2D eigenvalue weighted by atomic mass is 15.3. The van der Waals surface area contributed by atoms with Crippen molar-refractivity contribution >= 4 is 0 Å². The van der Waals surface area contributed by atoms with Gasteiger partial charge < -0.3 is 5.32 Å². The molecule has 84 valence electrons. The van der Waals surface area contributed by atoms with Crippen LogP contribution in [0.1, 0.15) is 24.9 Å². The third-order valence-corrected chi connectivity index (χ3v) is 2.82. The van der Waals surface area contributed by atoms with Gasteiger partial charge in [0.2, 0.25) is 0 Å². The van der Waals surface area contributed by atoms with E-state index >= 15 is 0 Å². The largest absolute Gasteiger partial charge is 0.313 e. The molecule has 2 rings (SSSR count). The Bertz CT molecular complexity index is 430. The molecule has 0 saturated carbocycles. The predicted octanol–water partition coefficient (Wildman–Crippen LogP) is 2.54. The van der Waals surface area contributed by atoms with Crippen LogP contribution in [-0.4, -0.2) is 16.8 Å². The van der Waals surface area contributed by atoms with Crippen molar-refractivity contribution in [1.82, 2.24) is 15.1 Å². The number of hydrogen-bond acceptors (Lipinski definition) is 2. The third kappa shape index (κ3) is 1.99. The van der Waals surface area contributed by atoms with Crippen molar-refractivity contribution in [3.05, 3.63) is 48.3 Å². The zero-order valence-electron chi connectivity index (χ0n) is 9.72. The molecule has 0 aliphatic carbocycles. The molecule has 16 heavy (non-hydrogen) atoms. The first-order chi connectivity index (χ1) is 7.86. The molecule has 0 amide bonds. The van der Waals surface area contributed by atoms with Crippen LogP contribution in [0.25, 0.3) is 5.69 Å². The molecule has 3 heteroatoms. The molecule has 1 unspecified atom stereocenters. The molecule has 1 heterocycles. The molecule has 3 nitrogen and oxygen atoms in total. The lowest BCUT2D eigenvalue weighted by molar-refractivity contribution is 0.572. The minimum atomic E-state index is 0.375. The van der Waals surface area contributed by atoms with E-state index in [1.165, 1.54) is 5.56 Å². The number of nitrogens with one attached hydrogen (secondary N) is 1. The van der Waals surface area contributed by atoms with E-state index in [-0.39, 0.29) is 0 Å². The van der Waals surface area contributed by atoms with Crippen LogP contribution in [0.15, 0.2) is 42.7 Å². The molecule has 1 atom stereocenters. The third-order valence-electron chi connectivity index (χ3n) is 2.82. The van der Waals surface area contributed by atoms with E-state index < -0.39 is 0 Å². The zero-order chi connectivity index (χ0) is 11.4. The van der Waals surface area contributed by atoms with E-state index in [0.29, 0.717) is 6.04 Å². The molecule has 0 fully saturated rings. The van der Waals surface area contributed by atoms with Crippen molar-refractivity contribution in [2.75, 3.05) is 7.05 Å². The lowest BCUT2D eigenvalue weighted by Gasteiger charge is -2.18. The number of para-hydroxylation sites is 1. The van der Waals surface area contributed by atoms with Crippen LogP contribution in [0.4, 0.5) is 0 Å². The van der Waals surface area contributed by atoms with Gasteiger partial charge in [0.05, 0.1) is 5.69 Å². The summed E-state index contributed by atoms with van der Waals surface area (Å²) in [6.07, 6.45) is 4.84. The topological polar surface area (TPSA) is 29.9 Å². The zero-order valence-corrected chi connectivity index (χ0v) is 9.72. The fraction of sp³-hybridized carbons (Fsp3) is 0.308. The van der Waals surface area contributed by atoms with Crippen molar-refractivity contribution in [2.45, 2.75) is 19.4 Å². The van der Waals surface area contributed by atoms with Gasteiger partial charge in [0.1, 0.15) is 0 Å². The first-order valence-electron chi connectivity index (χ1n) is 5.63. The smallest absolute Gasteiger partial charge is 0.0693 e. The predicted molar refractivity (Wildman–Crippen MR) is 65.7 cm³/mol. The molecular weight excluding hydrogens is 198 g/mol. The lowest BCUT2D eigenvalue weighted by Crippen LogP contribution is -2.17. The summed E-state index contributed by atoms with van der Waals surface area (Å²) in [5.74, 6) is 0. The highest BCUT2D eigenvalue weighted by Crippen LogP contribution is 2.22. The van der Waals surface area contributed by atoms with Crippen molar-refractivity contribution in [2.24, 2.45) is 0 Å². The molecule has 1 aromatic heterocycles. The molecule has 1 N–H and O–H groups in total. The van der Waals surface area contributed by atoms with Crippen molar-refractivity contribution in [1.29, 1.82) is 0 Å². The van der Waals surface area contributed by atoms with Gasteiger partial charge in [-0.15, -0.1) is 0 Å². The van der Waals surface area contributed by atoms with E-state index in [2.05, 4.69) is 35.5 Å². The van der Waals surface area contributed by atoms with Gasteiger partial charge in [-0.05, 0) is 31.2 Å². The molecular formula is C13H17N3.